The van der Waals surface area contributed by atoms with Crippen LogP contribution in [0, 0.1) is 5.41 Å². The third-order valence-electron chi connectivity index (χ3n) is 4.16. The molecule has 0 saturated heterocycles. The second-order valence-electron chi connectivity index (χ2n) is 6.29. The van der Waals surface area contributed by atoms with Gasteiger partial charge in [-0.15, -0.1) is 0 Å². The maximum Gasteiger partial charge on any atom is 0.119 e. The molecule has 100 valence electrons. The van der Waals surface area contributed by atoms with Crippen molar-refractivity contribution >= 4 is 0 Å². The standard InChI is InChI=1S/C16H24O2/c1-12(2)18-14-8-6-13(7-9-14)16(17)11-5-10-15(16,3)4/h6-9,12,17H,5,10-11H2,1-4H3. The molecule has 0 radical (unpaired) electrons. The van der Waals surface area contributed by atoms with Crippen molar-refractivity contribution in [3.05, 3.63) is 29.8 Å². The first-order chi connectivity index (χ1) is 8.35. The molecule has 1 N–H and O–H groups in total. The first-order valence-corrected chi connectivity index (χ1v) is 6.85. The average molecular weight is 248 g/mol. The van der Waals surface area contributed by atoms with Gasteiger partial charge in [0.1, 0.15) is 5.75 Å². The van der Waals surface area contributed by atoms with Gasteiger partial charge in [-0.25, -0.2) is 0 Å². The van der Waals surface area contributed by atoms with E-state index in [-0.39, 0.29) is 11.5 Å². The molecule has 0 heterocycles. The van der Waals surface area contributed by atoms with Crippen molar-refractivity contribution in [2.24, 2.45) is 5.41 Å². The van der Waals surface area contributed by atoms with E-state index in [0.717, 1.165) is 30.6 Å². The Morgan fingerprint density at radius 1 is 1.11 bits per heavy atom. The van der Waals surface area contributed by atoms with Crippen molar-refractivity contribution in [3.8, 4) is 5.75 Å². The molecule has 0 bridgehead atoms. The van der Waals surface area contributed by atoms with E-state index < -0.39 is 5.60 Å². The highest BCUT2D eigenvalue weighted by Gasteiger charge is 2.48. The Morgan fingerprint density at radius 2 is 1.72 bits per heavy atom. The number of hydrogen-bond donors (Lipinski definition) is 1. The molecular formula is C16H24O2. The molecule has 0 spiro atoms. The van der Waals surface area contributed by atoms with Crippen LogP contribution in [0.25, 0.3) is 0 Å². The van der Waals surface area contributed by atoms with Gasteiger partial charge in [-0.2, -0.15) is 0 Å². The maximum atomic E-state index is 10.9. The van der Waals surface area contributed by atoms with Crippen LogP contribution in [-0.4, -0.2) is 11.2 Å². The van der Waals surface area contributed by atoms with Crippen LogP contribution in [0.3, 0.4) is 0 Å². The van der Waals surface area contributed by atoms with Gasteiger partial charge < -0.3 is 9.84 Å². The second-order valence-corrected chi connectivity index (χ2v) is 6.29. The van der Waals surface area contributed by atoms with E-state index in [2.05, 4.69) is 13.8 Å². The zero-order valence-electron chi connectivity index (χ0n) is 11.9. The van der Waals surface area contributed by atoms with Gasteiger partial charge in [0, 0.05) is 0 Å². The average Bonchev–Trinajstić information content (AvgIpc) is 2.54. The minimum atomic E-state index is -0.691. The Hall–Kier alpha value is -1.02. The third-order valence-corrected chi connectivity index (χ3v) is 4.16. The topological polar surface area (TPSA) is 29.5 Å². The van der Waals surface area contributed by atoms with E-state index in [1.807, 2.05) is 38.1 Å². The fourth-order valence-electron chi connectivity index (χ4n) is 2.95. The first kappa shape index (κ1) is 13.4. The molecule has 2 heteroatoms. The quantitative estimate of drug-likeness (QED) is 0.879. The molecule has 1 fully saturated rings. The summed E-state index contributed by atoms with van der Waals surface area (Å²) < 4.78 is 5.64. The molecule has 0 aliphatic heterocycles. The van der Waals surface area contributed by atoms with Crippen LogP contribution < -0.4 is 4.74 Å². The summed E-state index contributed by atoms with van der Waals surface area (Å²) in [6.45, 7) is 8.33. The molecule has 1 unspecified atom stereocenters. The van der Waals surface area contributed by atoms with Crippen LogP contribution in [-0.2, 0) is 5.60 Å². The van der Waals surface area contributed by atoms with E-state index in [9.17, 15) is 5.11 Å². The summed E-state index contributed by atoms with van der Waals surface area (Å²) in [5, 5.41) is 10.9. The molecule has 18 heavy (non-hydrogen) atoms. The van der Waals surface area contributed by atoms with Gasteiger partial charge in [0.25, 0.3) is 0 Å². The number of aliphatic hydroxyl groups is 1. The Labute approximate surface area is 110 Å². The monoisotopic (exact) mass is 248 g/mol. The fourth-order valence-corrected chi connectivity index (χ4v) is 2.95. The van der Waals surface area contributed by atoms with Crippen molar-refractivity contribution < 1.29 is 9.84 Å². The zero-order chi connectivity index (χ0) is 13.4. The normalized spacial score (nSPS) is 26.6. The van der Waals surface area contributed by atoms with Gasteiger partial charge >= 0.3 is 0 Å². The van der Waals surface area contributed by atoms with Crippen LogP contribution in [0.4, 0.5) is 0 Å². The molecule has 1 atom stereocenters. The summed E-state index contributed by atoms with van der Waals surface area (Å²) in [4.78, 5) is 0. The summed E-state index contributed by atoms with van der Waals surface area (Å²) in [6, 6.07) is 7.93. The lowest BCUT2D eigenvalue weighted by molar-refractivity contribution is -0.0485. The number of hydrogen-bond acceptors (Lipinski definition) is 2. The second kappa shape index (κ2) is 4.58. The summed E-state index contributed by atoms with van der Waals surface area (Å²) in [6.07, 6.45) is 3.20. The minimum absolute atomic E-state index is 0.0482. The lowest BCUT2D eigenvalue weighted by Crippen LogP contribution is -2.36. The SMILES string of the molecule is CC(C)Oc1ccc(C2(O)CCCC2(C)C)cc1. The van der Waals surface area contributed by atoms with Gasteiger partial charge in [-0.3, -0.25) is 0 Å². The summed E-state index contributed by atoms with van der Waals surface area (Å²) in [5.41, 5.74) is 0.276. The predicted octanol–water partition coefficient (Wildman–Crippen LogP) is 3.87. The van der Waals surface area contributed by atoms with E-state index in [0.29, 0.717) is 0 Å². The predicted molar refractivity (Wildman–Crippen MR) is 73.7 cm³/mol. The molecule has 1 aliphatic rings. The van der Waals surface area contributed by atoms with Crippen molar-refractivity contribution in [1.82, 2.24) is 0 Å². The lowest BCUT2D eigenvalue weighted by atomic mass is 9.73. The zero-order valence-corrected chi connectivity index (χ0v) is 11.9. The number of benzene rings is 1. The minimum Gasteiger partial charge on any atom is -0.491 e. The van der Waals surface area contributed by atoms with E-state index in [1.54, 1.807) is 0 Å². The van der Waals surface area contributed by atoms with Crippen molar-refractivity contribution in [2.45, 2.75) is 58.7 Å². The first-order valence-electron chi connectivity index (χ1n) is 6.85. The third kappa shape index (κ3) is 2.26. The molecule has 0 aromatic heterocycles. The van der Waals surface area contributed by atoms with E-state index >= 15 is 0 Å². The lowest BCUT2D eigenvalue weighted by Gasteiger charge is -2.37. The van der Waals surface area contributed by atoms with Gasteiger partial charge in [0.2, 0.25) is 0 Å². The van der Waals surface area contributed by atoms with Crippen molar-refractivity contribution in [1.29, 1.82) is 0 Å². The molecular weight excluding hydrogens is 224 g/mol. The molecule has 1 saturated carbocycles. The van der Waals surface area contributed by atoms with E-state index in [4.69, 9.17) is 4.74 Å². The Morgan fingerprint density at radius 3 is 2.17 bits per heavy atom. The highest BCUT2D eigenvalue weighted by molar-refractivity contribution is 5.33. The largest absolute Gasteiger partial charge is 0.491 e. The Balaban J connectivity index is 2.24. The van der Waals surface area contributed by atoms with E-state index in [1.165, 1.54) is 0 Å². The van der Waals surface area contributed by atoms with Crippen LogP contribution in [0.15, 0.2) is 24.3 Å². The van der Waals surface area contributed by atoms with Gasteiger partial charge in [0.15, 0.2) is 0 Å². The van der Waals surface area contributed by atoms with Gasteiger partial charge in [0.05, 0.1) is 11.7 Å². The highest BCUT2D eigenvalue weighted by Crippen LogP contribution is 2.52. The maximum absolute atomic E-state index is 10.9. The number of rotatable bonds is 3. The smallest absolute Gasteiger partial charge is 0.119 e. The van der Waals surface area contributed by atoms with Crippen LogP contribution >= 0.6 is 0 Å². The Kier molecular flexibility index (Phi) is 3.41. The molecule has 0 amide bonds. The van der Waals surface area contributed by atoms with Crippen LogP contribution in [0.1, 0.15) is 52.5 Å². The highest BCUT2D eigenvalue weighted by atomic mass is 16.5. The molecule has 1 aromatic rings. The van der Waals surface area contributed by atoms with Crippen LogP contribution in [0.5, 0.6) is 5.75 Å². The molecule has 1 aliphatic carbocycles. The summed E-state index contributed by atoms with van der Waals surface area (Å²) in [7, 11) is 0. The number of ether oxygens (including phenoxy) is 1. The summed E-state index contributed by atoms with van der Waals surface area (Å²) in [5.74, 6) is 0.869. The Bertz CT molecular complexity index is 406. The van der Waals surface area contributed by atoms with Gasteiger partial charge in [-0.05, 0) is 56.2 Å². The summed E-state index contributed by atoms with van der Waals surface area (Å²) >= 11 is 0. The molecule has 2 nitrogen and oxygen atoms in total. The van der Waals surface area contributed by atoms with Crippen molar-refractivity contribution in [3.63, 3.8) is 0 Å². The van der Waals surface area contributed by atoms with Crippen LogP contribution in [0.2, 0.25) is 0 Å². The van der Waals surface area contributed by atoms with Crippen molar-refractivity contribution in [2.75, 3.05) is 0 Å². The molecule has 1 aromatic carbocycles. The molecule has 2 rings (SSSR count). The van der Waals surface area contributed by atoms with Gasteiger partial charge in [-0.1, -0.05) is 26.0 Å². The fraction of sp³-hybridized carbons (Fsp3) is 0.625.